The Balaban J connectivity index is 1.00. The summed E-state index contributed by atoms with van der Waals surface area (Å²) in [7, 11) is 4.33. The number of hydrogen-bond donors (Lipinski definition) is 1. The minimum atomic E-state index is -0.385. The Labute approximate surface area is 260 Å². The molecule has 8 heteroatoms. The maximum Gasteiger partial charge on any atom is 0.408 e. The summed E-state index contributed by atoms with van der Waals surface area (Å²) in [6.07, 6.45) is 6.31. The van der Waals surface area contributed by atoms with Crippen LogP contribution in [0.25, 0.3) is 0 Å². The zero-order chi connectivity index (χ0) is 30.9. The molecule has 5 rings (SSSR count). The molecule has 0 aromatic heterocycles. The highest BCUT2D eigenvalue weighted by Crippen LogP contribution is 2.24. The van der Waals surface area contributed by atoms with Gasteiger partial charge in [-0.3, -0.25) is 19.4 Å². The summed E-state index contributed by atoms with van der Waals surface area (Å²) in [5.41, 5.74) is 3.05. The molecular weight excluding hydrogens is 552 g/mol. The van der Waals surface area contributed by atoms with Crippen molar-refractivity contribution in [3.05, 3.63) is 119 Å². The monoisotopic (exact) mass is 595 g/mol. The van der Waals surface area contributed by atoms with Gasteiger partial charge < -0.3 is 14.5 Å². The molecule has 1 fully saturated rings. The second-order valence-electron chi connectivity index (χ2n) is 12.3. The number of carbonyl (C=O) groups is 3. The summed E-state index contributed by atoms with van der Waals surface area (Å²) in [4.78, 5) is 41.9. The number of amides is 3. The summed E-state index contributed by atoms with van der Waals surface area (Å²) in [5, 5.41) is 3.08. The molecule has 1 N–H and O–H groups in total. The first-order valence-electron chi connectivity index (χ1n) is 15.5. The Bertz CT molecular complexity index is 1370. The second kappa shape index (κ2) is 14.5. The molecule has 44 heavy (non-hydrogen) atoms. The fraction of sp³-hybridized carbons (Fsp3) is 0.361. The van der Waals surface area contributed by atoms with Crippen molar-refractivity contribution in [2.45, 2.75) is 31.4 Å². The number of likely N-dealkylation sites (N-methyl/N-ethyl adjacent to an activating group) is 1. The number of hydrogen-bond acceptors (Lipinski definition) is 5. The van der Waals surface area contributed by atoms with E-state index in [0.717, 1.165) is 67.6 Å². The van der Waals surface area contributed by atoms with Crippen molar-refractivity contribution in [3.8, 4) is 0 Å². The van der Waals surface area contributed by atoms with Gasteiger partial charge in [0.1, 0.15) is 6.10 Å². The van der Waals surface area contributed by atoms with Crippen molar-refractivity contribution in [3.63, 3.8) is 0 Å². The number of quaternary nitrogens is 1. The molecule has 0 saturated carbocycles. The van der Waals surface area contributed by atoms with Crippen molar-refractivity contribution in [1.29, 1.82) is 0 Å². The van der Waals surface area contributed by atoms with Crippen LogP contribution in [0.4, 0.5) is 4.79 Å². The van der Waals surface area contributed by atoms with Crippen LogP contribution in [0.3, 0.4) is 0 Å². The summed E-state index contributed by atoms with van der Waals surface area (Å²) in [6.45, 7) is 4.77. The van der Waals surface area contributed by atoms with Gasteiger partial charge in [0.2, 0.25) is 0 Å². The number of likely N-dealkylation sites (tertiary alicyclic amines) is 1. The lowest BCUT2D eigenvalue weighted by Gasteiger charge is -2.31. The van der Waals surface area contributed by atoms with Crippen LogP contribution in [-0.4, -0.2) is 91.7 Å². The van der Waals surface area contributed by atoms with Gasteiger partial charge in [0.25, 0.3) is 11.8 Å². The predicted octanol–water partition coefficient (Wildman–Crippen LogP) is 5.29. The molecular formula is C36H43N4O4+. The number of ether oxygens (including phenoxy) is 1. The molecule has 0 atom stereocenters. The van der Waals surface area contributed by atoms with E-state index >= 15 is 0 Å². The molecule has 2 aliphatic rings. The highest BCUT2D eigenvalue weighted by atomic mass is 16.6. The SMILES string of the molecule is C[N+](C)(C/C=C/CN1CCC(OC(=O)NC(c2ccccc2)c2ccccc2)CC1)CCCN1C(=O)c2ccccc2C1=O. The fourth-order valence-corrected chi connectivity index (χ4v) is 5.94. The number of carbonyl (C=O) groups excluding carboxylic acids is 3. The standard InChI is InChI=1S/C36H42N4O4/c1-40(2,27-13-23-39-34(41)31-18-9-10-19-32(31)35(39)42)26-12-11-22-38-24-20-30(21-25-38)44-36(43)37-33(28-14-5-3-6-15-28)29-16-7-4-8-17-29/h3-12,14-19,30,33H,13,20-27H2,1-2H3/p+1/b12-11+. The minimum absolute atomic E-state index is 0.0970. The average Bonchev–Trinajstić information content (AvgIpc) is 3.28. The third kappa shape index (κ3) is 8.01. The Morgan fingerprint density at radius 3 is 1.98 bits per heavy atom. The van der Waals surface area contributed by atoms with Crippen molar-refractivity contribution in [2.24, 2.45) is 0 Å². The van der Waals surface area contributed by atoms with Crippen LogP contribution in [0.1, 0.15) is 57.1 Å². The molecule has 0 aliphatic carbocycles. The minimum Gasteiger partial charge on any atom is -0.446 e. The van der Waals surface area contributed by atoms with Gasteiger partial charge in [0.05, 0.1) is 44.4 Å². The van der Waals surface area contributed by atoms with Gasteiger partial charge in [-0.05, 0) is 42.2 Å². The van der Waals surface area contributed by atoms with E-state index in [1.807, 2.05) is 60.7 Å². The summed E-state index contributed by atoms with van der Waals surface area (Å²) in [5.74, 6) is -0.372. The molecule has 3 aromatic carbocycles. The van der Waals surface area contributed by atoms with Crippen molar-refractivity contribution in [1.82, 2.24) is 15.1 Å². The molecule has 2 aliphatic heterocycles. The lowest BCUT2D eigenvalue weighted by atomic mass is 9.99. The van der Waals surface area contributed by atoms with Gasteiger partial charge in [-0.2, -0.15) is 0 Å². The van der Waals surface area contributed by atoms with Crippen LogP contribution in [0.15, 0.2) is 97.1 Å². The Morgan fingerprint density at radius 2 is 1.41 bits per heavy atom. The first kappa shape index (κ1) is 31.2. The molecule has 0 spiro atoms. The third-order valence-corrected chi connectivity index (χ3v) is 8.49. The highest BCUT2D eigenvalue weighted by Gasteiger charge is 2.35. The van der Waals surface area contributed by atoms with Gasteiger partial charge in [-0.1, -0.05) is 78.9 Å². The number of rotatable bonds is 12. The van der Waals surface area contributed by atoms with Gasteiger partial charge in [0.15, 0.2) is 0 Å². The van der Waals surface area contributed by atoms with Crippen molar-refractivity contribution in [2.75, 3.05) is 53.4 Å². The maximum absolute atomic E-state index is 12.9. The molecule has 8 nitrogen and oxygen atoms in total. The van der Waals surface area contributed by atoms with Crippen molar-refractivity contribution >= 4 is 17.9 Å². The summed E-state index contributed by atoms with van der Waals surface area (Å²) >= 11 is 0. The largest absolute Gasteiger partial charge is 0.446 e. The number of fused-ring (bicyclic) bond motifs is 1. The fourth-order valence-electron chi connectivity index (χ4n) is 5.94. The number of benzene rings is 3. The molecule has 0 unspecified atom stereocenters. The van der Waals surface area contributed by atoms with E-state index in [0.29, 0.717) is 17.7 Å². The smallest absolute Gasteiger partial charge is 0.408 e. The Hall–Kier alpha value is -4.27. The topological polar surface area (TPSA) is 79.0 Å². The van der Waals surface area contributed by atoms with Crippen LogP contribution in [0, 0.1) is 0 Å². The normalized spacial score (nSPS) is 16.1. The Kier molecular flexibility index (Phi) is 10.2. The van der Waals surface area contributed by atoms with E-state index in [4.69, 9.17) is 4.74 Å². The summed E-state index contributed by atoms with van der Waals surface area (Å²) in [6, 6.07) is 26.7. The first-order valence-corrected chi connectivity index (χ1v) is 15.5. The van der Waals surface area contributed by atoms with E-state index in [1.165, 1.54) is 4.90 Å². The number of alkyl carbamates (subject to hydrolysis) is 1. The number of nitrogens with one attached hydrogen (secondary N) is 1. The van der Waals surface area contributed by atoms with Crippen LogP contribution in [0.2, 0.25) is 0 Å². The number of nitrogens with zero attached hydrogens (tertiary/aromatic N) is 3. The van der Waals surface area contributed by atoms with Gasteiger partial charge in [0, 0.05) is 32.6 Å². The third-order valence-electron chi connectivity index (χ3n) is 8.49. The molecule has 0 bridgehead atoms. The van der Waals surface area contributed by atoms with Crippen LogP contribution >= 0.6 is 0 Å². The lowest BCUT2D eigenvalue weighted by molar-refractivity contribution is -0.884. The van der Waals surface area contributed by atoms with E-state index in [-0.39, 0.29) is 30.1 Å². The zero-order valence-corrected chi connectivity index (χ0v) is 25.7. The number of piperidine rings is 1. The summed E-state index contributed by atoms with van der Waals surface area (Å²) < 4.78 is 6.62. The Morgan fingerprint density at radius 1 is 0.864 bits per heavy atom. The van der Waals surface area contributed by atoms with Crippen LogP contribution < -0.4 is 5.32 Å². The molecule has 230 valence electrons. The van der Waals surface area contributed by atoms with Crippen LogP contribution in [0.5, 0.6) is 0 Å². The molecule has 2 heterocycles. The molecule has 3 amide bonds. The molecule has 0 radical (unpaired) electrons. The maximum atomic E-state index is 12.9. The van der Waals surface area contributed by atoms with E-state index < -0.39 is 0 Å². The van der Waals surface area contributed by atoms with Gasteiger partial charge in [-0.25, -0.2) is 4.79 Å². The van der Waals surface area contributed by atoms with E-state index in [2.05, 4.69) is 36.5 Å². The van der Waals surface area contributed by atoms with Gasteiger partial charge >= 0.3 is 6.09 Å². The second-order valence-corrected chi connectivity index (χ2v) is 12.3. The van der Waals surface area contributed by atoms with Crippen molar-refractivity contribution < 1.29 is 23.6 Å². The number of imide groups is 1. The zero-order valence-electron chi connectivity index (χ0n) is 25.7. The first-order chi connectivity index (χ1) is 21.3. The van der Waals surface area contributed by atoms with E-state index in [1.54, 1.807) is 24.3 Å². The quantitative estimate of drug-likeness (QED) is 0.175. The van der Waals surface area contributed by atoms with Gasteiger partial charge in [-0.15, -0.1) is 0 Å². The van der Waals surface area contributed by atoms with Crippen LogP contribution in [-0.2, 0) is 4.74 Å². The highest BCUT2D eigenvalue weighted by molar-refractivity contribution is 6.21. The predicted molar refractivity (Wildman–Crippen MR) is 171 cm³/mol. The average molecular weight is 596 g/mol. The lowest BCUT2D eigenvalue weighted by Crippen LogP contribution is -2.42. The molecule has 3 aromatic rings. The van der Waals surface area contributed by atoms with E-state index in [9.17, 15) is 14.4 Å². The molecule has 1 saturated heterocycles.